The van der Waals surface area contributed by atoms with Crippen LogP contribution in [0, 0.1) is 17.8 Å². The molecule has 2 atom stereocenters. The summed E-state index contributed by atoms with van der Waals surface area (Å²) in [5.41, 5.74) is 6.05. The van der Waals surface area contributed by atoms with E-state index in [0.29, 0.717) is 12.0 Å². The van der Waals surface area contributed by atoms with Gasteiger partial charge >= 0.3 is 0 Å². The average Bonchev–Trinajstić information content (AvgIpc) is 2.08. The van der Waals surface area contributed by atoms with Gasteiger partial charge in [-0.3, -0.25) is 4.90 Å². The minimum atomic E-state index is 0.447. The number of piperidine rings is 1. The molecule has 2 unspecified atom stereocenters. The lowest BCUT2D eigenvalue weighted by Gasteiger charge is -2.48. The highest BCUT2D eigenvalue weighted by atomic mass is 15.2. The van der Waals surface area contributed by atoms with Crippen LogP contribution in [0.25, 0.3) is 0 Å². The molecule has 15 heavy (non-hydrogen) atoms. The number of rotatable bonds is 2. The second-order valence-corrected chi connectivity index (χ2v) is 6.05. The second-order valence-electron chi connectivity index (χ2n) is 6.05. The molecule has 2 rings (SSSR count). The summed E-state index contributed by atoms with van der Waals surface area (Å²) in [6.45, 7) is 9.48. The van der Waals surface area contributed by atoms with E-state index in [-0.39, 0.29) is 0 Å². The van der Waals surface area contributed by atoms with Gasteiger partial charge in [0, 0.05) is 18.6 Å². The Bertz CT molecular complexity index is 209. The molecule has 2 heteroatoms. The number of likely N-dealkylation sites (tertiary alicyclic amines) is 1. The first-order chi connectivity index (χ1) is 7.08. The molecule has 1 saturated carbocycles. The lowest BCUT2D eigenvalue weighted by Crippen LogP contribution is -2.54. The Labute approximate surface area is 94.2 Å². The molecule has 2 N–H and O–H groups in total. The summed E-state index contributed by atoms with van der Waals surface area (Å²) >= 11 is 0. The van der Waals surface area contributed by atoms with Crippen molar-refractivity contribution in [2.75, 3.05) is 13.1 Å². The minimum absolute atomic E-state index is 0.447. The van der Waals surface area contributed by atoms with Gasteiger partial charge in [0.15, 0.2) is 0 Å². The lowest BCUT2D eigenvalue weighted by molar-refractivity contribution is 0.0236. The summed E-state index contributed by atoms with van der Waals surface area (Å²) in [5, 5.41) is 0. The van der Waals surface area contributed by atoms with Gasteiger partial charge in [0.05, 0.1) is 0 Å². The highest BCUT2D eigenvalue weighted by Crippen LogP contribution is 2.38. The van der Waals surface area contributed by atoms with E-state index in [0.717, 1.165) is 17.9 Å². The molecule has 0 radical (unpaired) electrons. The molecule has 1 heterocycles. The van der Waals surface area contributed by atoms with Crippen LogP contribution in [-0.2, 0) is 0 Å². The van der Waals surface area contributed by atoms with E-state index < -0.39 is 0 Å². The Kier molecular flexibility index (Phi) is 3.36. The molecule has 2 fully saturated rings. The van der Waals surface area contributed by atoms with Gasteiger partial charge < -0.3 is 5.73 Å². The molecule has 1 aliphatic heterocycles. The SMILES string of the molecule is CC(C)C1CC(N2CCC(N)C(C)C2)C1. The second kappa shape index (κ2) is 4.42. The molecule has 0 amide bonds. The molecule has 0 spiro atoms. The van der Waals surface area contributed by atoms with Crippen molar-refractivity contribution in [3.05, 3.63) is 0 Å². The van der Waals surface area contributed by atoms with Crippen molar-refractivity contribution in [2.45, 2.75) is 52.1 Å². The van der Waals surface area contributed by atoms with E-state index >= 15 is 0 Å². The van der Waals surface area contributed by atoms with Gasteiger partial charge in [-0.25, -0.2) is 0 Å². The summed E-state index contributed by atoms with van der Waals surface area (Å²) in [6.07, 6.45) is 4.06. The smallest absolute Gasteiger partial charge is 0.0101 e. The van der Waals surface area contributed by atoms with Crippen LogP contribution in [-0.4, -0.2) is 30.1 Å². The molecular weight excluding hydrogens is 184 g/mol. The van der Waals surface area contributed by atoms with Crippen LogP contribution < -0.4 is 5.73 Å². The Hall–Kier alpha value is -0.0800. The van der Waals surface area contributed by atoms with E-state index in [9.17, 15) is 0 Å². The highest BCUT2D eigenvalue weighted by molar-refractivity contribution is 4.92. The quantitative estimate of drug-likeness (QED) is 0.756. The number of hydrogen-bond acceptors (Lipinski definition) is 2. The summed E-state index contributed by atoms with van der Waals surface area (Å²) in [7, 11) is 0. The predicted molar refractivity (Wildman–Crippen MR) is 64.7 cm³/mol. The van der Waals surface area contributed by atoms with E-state index in [1.165, 1.54) is 32.4 Å². The number of nitrogens with two attached hydrogens (primary N) is 1. The van der Waals surface area contributed by atoms with Crippen molar-refractivity contribution in [1.82, 2.24) is 4.90 Å². The van der Waals surface area contributed by atoms with E-state index in [1.54, 1.807) is 0 Å². The van der Waals surface area contributed by atoms with Gasteiger partial charge in [0.1, 0.15) is 0 Å². The van der Waals surface area contributed by atoms with Crippen molar-refractivity contribution in [3.8, 4) is 0 Å². The fourth-order valence-electron chi connectivity index (χ4n) is 3.00. The van der Waals surface area contributed by atoms with Crippen LogP contribution in [0.2, 0.25) is 0 Å². The molecule has 88 valence electrons. The van der Waals surface area contributed by atoms with Crippen molar-refractivity contribution in [2.24, 2.45) is 23.5 Å². The van der Waals surface area contributed by atoms with Gasteiger partial charge in [-0.15, -0.1) is 0 Å². The zero-order chi connectivity index (χ0) is 11.0. The molecule has 1 saturated heterocycles. The zero-order valence-corrected chi connectivity index (χ0v) is 10.4. The summed E-state index contributed by atoms with van der Waals surface area (Å²) in [4.78, 5) is 2.69. The largest absolute Gasteiger partial charge is 0.327 e. The van der Waals surface area contributed by atoms with Gasteiger partial charge in [0.2, 0.25) is 0 Å². The lowest BCUT2D eigenvalue weighted by atomic mass is 9.72. The Balaban J connectivity index is 1.77. The summed E-state index contributed by atoms with van der Waals surface area (Å²) < 4.78 is 0. The molecule has 0 bridgehead atoms. The van der Waals surface area contributed by atoms with E-state index in [4.69, 9.17) is 5.73 Å². The van der Waals surface area contributed by atoms with Crippen molar-refractivity contribution in [3.63, 3.8) is 0 Å². The maximum Gasteiger partial charge on any atom is 0.0101 e. The molecule has 0 aromatic rings. The third-order valence-corrected chi connectivity index (χ3v) is 4.61. The Morgan fingerprint density at radius 1 is 1.27 bits per heavy atom. The summed E-state index contributed by atoms with van der Waals surface area (Å²) in [6, 6.07) is 1.33. The van der Waals surface area contributed by atoms with Crippen LogP contribution >= 0.6 is 0 Å². The van der Waals surface area contributed by atoms with Crippen molar-refractivity contribution >= 4 is 0 Å². The third kappa shape index (κ3) is 2.36. The minimum Gasteiger partial charge on any atom is -0.327 e. The zero-order valence-electron chi connectivity index (χ0n) is 10.4. The first-order valence-corrected chi connectivity index (χ1v) is 6.57. The molecular formula is C13H26N2. The predicted octanol–water partition coefficient (Wildman–Crippen LogP) is 2.09. The number of nitrogens with zero attached hydrogens (tertiary/aromatic N) is 1. The first kappa shape index (κ1) is 11.4. The normalized spacial score (nSPS) is 43.0. The van der Waals surface area contributed by atoms with E-state index in [2.05, 4.69) is 25.7 Å². The van der Waals surface area contributed by atoms with Crippen molar-refractivity contribution < 1.29 is 0 Å². The average molecular weight is 210 g/mol. The van der Waals surface area contributed by atoms with Gasteiger partial charge in [-0.2, -0.15) is 0 Å². The molecule has 2 aliphatic rings. The summed E-state index contributed by atoms with van der Waals surface area (Å²) in [5.74, 6) is 2.56. The third-order valence-electron chi connectivity index (χ3n) is 4.61. The monoisotopic (exact) mass is 210 g/mol. The highest BCUT2D eigenvalue weighted by Gasteiger charge is 2.37. The molecule has 0 aromatic carbocycles. The fraction of sp³-hybridized carbons (Fsp3) is 1.00. The molecule has 1 aliphatic carbocycles. The maximum absolute atomic E-state index is 6.05. The standard InChI is InChI=1S/C13H26N2/c1-9(2)11-6-12(7-11)15-5-4-13(14)10(3)8-15/h9-13H,4-8,14H2,1-3H3. The number of hydrogen-bond donors (Lipinski definition) is 1. The van der Waals surface area contributed by atoms with Crippen LogP contribution in [0.3, 0.4) is 0 Å². The van der Waals surface area contributed by atoms with Crippen LogP contribution in [0.15, 0.2) is 0 Å². The topological polar surface area (TPSA) is 29.3 Å². The first-order valence-electron chi connectivity index (χ1n) is 6.57. The van der Waals surface area contributed by atoms with Crippen LogP contribution in [0.5, 0.6) is 0 Å². The van der Waals surface area contributed by atoms with Gasteiger partial charge in [-0.1, -0.05) is 20.8 Å². The van der Waals surface area contributed by atoms with Crippen LogP contribution in [0.1, 0.15) is 40.0 Å². The van der Waals surface area contributed by atoms with Crippen molar-refractivity contribution in [1.29, 1.82) is 0 Å². The van der Waals surface area contributed by atoms with E-state index in [1.807, 2.05) is 0 Å². The molecule has 2 nitrogen and oxygen atoms in total. The molecule has 0 aromatic heterocycles. The Morgan fingerprint density at radius 2 is 1.93 bits per heavy atom. The van der Waals surface area contributed by atoms with Gasteiger partial charge in [0.25, 0.3) is 0 Å². The van der Waals surface area contributed by atoms with Crippen LogP contribution in [0.4, 0.5) is 0 Å². The van der Waals surface area contributed by atoms with Gasteiger partial charge in [-0.05, 0) is 43.6 Å². The maximum atomic E-state index is 6.05. The Morgan fingerprint density at radius 3 is 2.47 bits per heavy atom. The fourth-order valence-corrected chi connectivity index (χ4v) is 3.00.